The second kappa shape index (κ2) is 6.46. The molecule has 0 aromatic heterocycles. The van der Waals surface area contributed by atoms with Crippen LogP contribution in [0.5, 0.6) is 0 Å². The smallest absolute Gasteiger partial charge is 0.303 e. The van der Waals surface area contributed by atoms with Gasteiger partial charge in [0.05, 0.1) is 15.5 Å². The van der Waals surface area contributed by atoms with Crippen molar-refractivity contribution in [1.82, 2.24) is 0 Å². The zero-order valence-corrected chi connectivity index (χ0v) is 11.6. The minimum absolute atomic E-state index is 0.0524. The number of hydrogen-bond donors (Lipinski definition) is 2. The van der Waals surface area contributed by atoms with Gasteiger partial charge >= 0.3 is 5.97 Å². The highest BCUT2D eigenvalue weighted by Crippen LogP contribution is 2.30. The summed E-state index contributed by atoms with van der Waals surface area (Å²) in [5.74, 6) is -1.87. The quantitative estimate of drug-likeness (QED) is 0.616. The van der Waals surface area contributed by atoms with Crippen LogP contribution in [-0.4, -0.2) is 22.5 Å². The summed E-state index contributed by atoms with van der Waals surface area (Å²) >= 11 is 2.94. The van der Waals surface area contributed by atoms with E-state index in [4.69, 9.17) is 5.11 Å². The van der Waals surface area contributed by atoms with Crippen molar-refractivity contribution >= 4 is 33.3 Å². The van der Waals surface area contributed by atoms with Gasteiger partial charge in [-0.15, -0.1) is 0 Å². The van der Waals surface area contributed by atoms with Crippen molar-refractivity contribution < 1.29 is 19.2 Å². The van der Waals surface area contributed by atoms with E-state index in [1.165, 1.54) is 6.07 Å². The molecule has 1 atom stereocenters. The third kappa shape index (κ3) is 4.47. The van der Waals surface area contributed by atoms with E-state index in [-0.39, 0.29) is 34.7 Å². The molecule has 0 saturated carbocycles. The molecule has 0 fully saturated rings. The van der Waals surface area contributed by atoms with Gasteiger partial charge in [0.25, 0.3) is 5.69 Å². The normalized spacial score (nSPS) is 11.9. The number of nitrogens with zero attached hydrogens (tertiary/aromatic N) is 1. The molecular weight excluding hydrogens is 323 g/mol. The van der Waals surface area contributed by atoms with Gasteiger partial charge in [0.2, 0.25) is 0 Å². The molecule has 0 spiro atoms. The first-order valence-electron chi connectivity index (χ1n) is 5.40. The van der Waals surface area contributed by atoms with Crippen molar-refractivity contribution in [2.75, 3.05) is 11.9 Å². The molecule has 104 valence electrons. The molecule has 0 amide bonds. The molecule has 8 heteroatoms. The van der Waals surface area contributed by atoms with Crippen LogP contribution in [0.3, 0.4) is 0 Å². The molecule has 0 aliphatic rings. The average Bonchev–Trinajstić information content (AvgIpc) is 2.29. The predicted octanol–water partition coefficient (Wildman–Crippen LogP) is 3.02. The number of aliphatic carboxylic acids is 1. The van der Waals surface area contributed by atoms with Gasteiger partial charge in [-0.1, -0.05) is 6.92 Å². The van der Waals surface area contributed by atoms with E-state index in [2.05, 4.69) is 21.2 Å². The van der Waals surface area contributed by atoms with E-state index in [1.807, 2.05) is 0 Å². The first-order valence-corrected chi connectivity index (χ1v) is 6.19. The van der Waals surface area contributed by atoms with Crippen LogP contribution in [0.25, 0.3) is 0 Å². The van der Waals surface area contributed by atoms with Crippen LogP contribution >= 0.6 is 15.9 Å². The number of hydrogen-bond acceptors (Lipinski definition) is 4. The van der Waals surface area contributed by atoms with Crippen molar-refractivity contribution in [3.8, 4) is 0 Å². The second-order valence-electron chi connectivity index (χ2n) is 4.12. The summed E-state index contributed by atoms with van der Waals surface area (Å²) < 4.78 is 13.3. The summed E-state index contributed by atoms with van der Waals surface area (Å²) in [6.45, 7) is 1.94. The van der Waals surface area contributed by atoms with Gasteiger partial charge in [-0.2, -0.15) is 0 Å². The van der Waals surface area contributed by atoms with Crippen molar-refractivity contribution in [3.05, 3.63) is 32.5 Å². The molecule has 1 aromatic rings. The SMILES string of the molecule is CC(CNc1cc(Br)c(F)cc1[N+](=O)[O-])CC(=O)O. The van der Waals surface area contributed by atoms with Crippen LogP contribution in [0.4, 0.5) is 15.8 Å². The largest absolute Gasteiger partial charge is 0.481 e. The summed E-state index contributed by atoms with van der Waals surface area (Å²) in [7, 11) is 0. The summed E-state index contributed by atoms with van der Waals surface area (Å²) in [5.41, 5.74) is -0.237. The molecule has 0 heterocycles. The number of anilines is 1. The number of carboxylic acid groups (broad SMARTS) is 1. The Morgan fingerprint density at radius 3 is 2.79 bits per heavy atom. The molecule has 0 radical (unpaired) electrons. The maximum atomic E-state index is 13.2. The van der Waals surface area contributed by atoms with Crippen molar-refractivity contribution in [2.45, 2.75) is 13.3 Å². The fraction of sp³-hybridized carbons (Fsp3) is 0.364. The van der Waals surface area contributed by atoms with Crippen molar-refractivity contribution in [1.29, 1.82) is 0 Å². The highest BCUT2D eigenvalue weighted by atomic mass is 79.9. The molecule has 0 aliphatic carbocycles. The second-order valence-corrected chi connectivity index (χ2v) is 4.98. The highest BCUT2D eigenvalue weighted by Gasteiger charge is 2.18. The number of nitro groups is 1. The van der Waals surface area contributed by atoms with E-state index in [9.17, 15) is 19.3 Å². The molecule has 2 N–H and O–H groups in total. The van der Waals surface area contributed by atoms with Crippen LogP contribution in [0.15, 0.2) is 16.6 Å². The Labute approximate surface area is 116 Å². The molecule has 0 aliphatic heterocycles. The Hall–Kier alpha value is -1.70. The number of nitro benzene ring substituents is 1. The van der Waals surface area contributed by atoms with E-state index >= 15 is 0 Å². The number of nitrogens with one attached hydrogen (secondary N) is 1. The molecule has 0 bridgehead atoms. The van der Waals surface area contributed by atoms with Gasteiger partial charge in [0, 0.05) is 13.0 Å². The highest BCUT2D eigenvalue weighted by molar-refractivity contribution is 9.10. The van der Waals surface area contributed by atoms with Crippen molar-refractivity contribution in [3.63, 3.8) is 0 Å². The standard InChI is InChI=1S/C11H12BrFN2O4/c1-6(2-11(16)17)5-14-9-3-7(12)8(13)4-10(9)15(18)19/h3-4,6,14H,2,5H2,1H3,(H,16,17). The number of benzene rings is 1. The van der Waals surface area contributed by atoms with Gasteiger partial charge in [-0.25, -0.2) is 4.39 Å². The lowest BCUT2D eigenvalue weighted by Crippen LogP contribution is -2.15. The number of carbonyl (C=O) groups is 1. The molecule has 1 aromatic carbocycles. The minimum atomic E-state index is -0.941. The van der Waals surface area contributed by atoms with Crippen LogP contribution in [0, 0.1) is 21.8 Å². The monoisotopic (exact) mass is 334 g/mol. The molecular formula is C11H12BrFN2O4. The third-order valence-electron chi connectivity index (χ3n) is 2.40. The van der Waals surface area contributed by atoms with E-state index in [1.54, 1.807) is 6.92 Å². The molecule has 1 unspecified atom stereocenters. The maximum Gasteiger partial charge on any atom is 0.303 e. The zero-order valence-electron chi connectivity index (χ0n) is 10.0. The zero-order chi connectivity index (χ0) is 14.6. The first kappa shape index (κ1) is 15.4. The predicted molar refractivity (Wildman–Crippen MR) is 70.7 cm³/mol. The molecule has 1 rings (SSSR count). The summed E-state index contributed by atoms with van der Waals surface area (Å²) in [4.78, 5) is 20.6. The van der Waals surface area contributed by atoms with Gasteiger partial charge in [0.15, 0.2) is 0 Å². The topological polar surface area (TPSA) is 92.5 Å². The summed E-state index contributed by atoms with van der Waals surface area (Å²) in [5, 5.41) is 22.2. The average molecular weight is 335 g/mol. The van der Waals surface area contributed by atoms with E-state index < -0.39 is 16.7 Å². The minimum Gasteiger partial charge on any atom is -0.481 e. The lowest BCUT2D eigenvalue weighted by molar-refractivity contribution is -0.384. The van der Waals surface area contributed by atoms with E-state index in [0.717, 1.165) is 6.07 Å². The lowest BCUT2D eigenvalue weighted by Gasteiger charge is -2.12. The molecule has 0 saturated heterocycles. The number of rotatable bonds is 6. The van der Waals surface area contributed by atoms with Gasteiger partial charge < -0.3 is 10.4 Å². The molecule has 6 nitrogen and oxygen atoms in total. The number of halogens is 2. The Kier molecular flexibility index (Phi) is 5.22. The van der Waals surface area contributed by atoms with Gasteiger partial charge in [-0.05, 0) is 27.9 Å². The Morgan fingerprint density at radius 2 is 2.26 bits per heavy atom. The third-order valence-corrected chi connectivity index (χ3v) is 3.01. The Balaban J connectivity index is 2.85. The van der Waals surface area contributed by atoms with Gasteiger partial charge in [-0.3, -0.25) is 14.9 Å². The summed E-state index contributed by atoms with van der Waals surface area (Å²) in [6, 6.07) is 2.08. The first-order chi connectivity index (χ1) is 8.81. The lowest BCUT2D eigenvalue weighted by atomic mass is 10.1. The van der Waals surface area contributed by atoms with Gasteiger partial charge in [0.1, 0.15) is 11.5 Å². The summed E-state index contributed by atoms with van der Waals surface area (Å²) in [6.07, 6.45) is -0.0524. The molecule has 19 heavy (non-hydrogen) atoms. The Bertz CT molecular complexity index is 510. The van der Waals surface area contributed by atoms with Crippen LogP contribution in [0.2, 0.25) is 0 Å². The van der Waals surface area contributed by atoms with E-state index in [0.29, 0.717) is 0 Å². The maximum absolute atomic E-state index is 13.2. The fourth-order valence-corrected chi connectivity index (χ4v) is 1.83. The number of carboxylic acids is 1. The van der Waals surface area contributed by atoms with Crippen LogP contribution in [0.1, 0.15) is 13.3 Å². The fourth-order valence-electron chi connectivity index (χ4n) is 1.48. The van der Waals surface area contributed by atoms with Crippen LogP contribution < -0.4 is 5.32 Å². The Morgan fingerprint density at radius 1 is 1.63 bits per heavy atom. The van der Waals surface area contributed by atoms with Crippen molar-refractivity contribution in [2.24, 2.45) is 5.92 Å². The van der Waals surface area contributed by atoms with Crippen LogP contribution in [-0.2, 0) is 4.79 Å².